The molecule has 2 saturated heterocycles. The minimum atomic E-state index is -0.778. The molecule has 2 fully saturated rings. The predicted octanol–water partition coefficient (Wildman–Crippen LogP) is -1.15. The summed E-state index contributed by atoms with van der Waals surface area (Å²) in [6.45, 7) is 0.132. The number of carbonyl (C=O) groups excluding carboxylic acids is 4. The number of urea groups is 1. The first-order valence-corrected chi connectivity index (χ1v) is 6.72. The van der Waals surface area contributed by atoms with Gasteiger partial charge in [0.05, 0.1) is 12.8 Å². The van der Waals surface area contributed by atoms with Gasteiger partial charge in [0.1, 0.15) is 12.6 Å². The van der Waals surface area contributed by atoms with Crippen molar-refractivity contribution < 1.29 is 23.6 Å². The van der Waals surface area contributed by atoms with E-state index in [1.807, 2.05) is 0 Å². The molecule has 116 valence electrons. The van der Waals surface area contributed by atoms with E-state index in [9.17, 15) is 19.2 Å². The first-order chi connectivity index (χ1) is 10.5. The SMILES string of the molecule is NC(=O)CN1C(=O)[C@@H]2CN(C(=O)c3ccco3)CCN2C1=O. The summed E-state index contributed by atoms with van der Waals surface area (Å²) in [7, 11) is 0. The monoisotopic (exact) mass is 306 g/mol. The van der Waals surface area contributed by atoms with E-state index in [0.29, 0.717) is 6.54 Å². The molecule has 0 aromatic carbocycles. The van der Waals surface area contributed by atoms with Crippen molar-refractivity contribution >= 4 is 23.8 Å². The predicted molar refractivity (Wildman–Crippen MR) is 71.4 cm³/mol. The lowest BCUT2D eigenvalue weighted by atomic mass is 10.1. The number of carbonyl (C=O) groups is 4. The molecule has 0 spiro atoms. The molecule has 9 nitrogen and oxygen atoms in total. The van der Waals surface area contributed by atoms with Gasteiger partial charge in [-0.25, -0.2) is 4.79 Å². The first-order valence-electron chi connectivity index (χ1n) is 6.72. The number of amides is 5. The highest BCUT2D eigenvalue weighted by Gasteiger charge is 2.48. The van der Waals surface area contributed by atoms with Crippen LogP contribution in [0.2, 0.25) is 0 Å². The lowest BCUT2D eigenvalue weighted by Crippen LogP contribution is -2.54. The fraction of sp³-hybridized carbons (Fsp3) is 0.385. The summed E-state index contributed by atoms with van der Waals surface area (Å²) >= 11 is 0. The molecule has 0 saturated carbocycles. The molecule has 1 atom stereocenters. The van der Waals surface area contributed by atoms with Crippen molar-refractivity contribution in [1.29, 1.82) is 0 Å². The molecule has 0 radical (unpaired) electrons. The van der Waals surface area contributed by atoms with Crippen molar-refractivity contribution in [3.63, 3.8) is 0 Å². The Morgan fingerprint density at radius 3 is 2.73 bits per heavy atom. The average molecular weight is 306 g/mol. The highest BCUT2D eigenvalue weighted by atomic mass is 16.3. The summed E-state index contributed by atoms with van der Waals surface area (Å²) in [4.78, 5) is 51.2. The van der Waals surface area contributed by atoms with Crippen LogP contribution in [0.3, 0.4) is 0 Å². The van der Waals surface area contributed by atoms with Gasteiger partial charge in [-0.3, -0.25) is 19.3 Å². The van der Waals surface area contributed by atoms with E-state index in [1.165, 1.54) is 22.1 Å². The minimum Gasteiger partial charge on any atom is -0.459 e. The zero-order valence-corrected chi connectivity index (χ0v) is 11.6. The summed E-state index contributed by atoms with van der Waals surface area (Å²) in [5, 5.41) is 0. The Bertz CT molecular complexity index is 641. The number of primary amides is 1. The van der Waals surface area contributed by atoms with Gasteiger partial charge in [-0.1, -0.05) is 0 Å². The van der Waals surface area contributed by atoms with E-state index < -0.39 is 30.4 Å². The Hall–Kier alpha value is -2.84. The van der Waals surface area contributed by atoms with Gasteiger partial charge in [0.2, 0.25) is 5.91 Å². The van der Waals surface area contributed by atoms with Crippen LogP contribution in [0.1, 0.15) is 10.6 Å². The van der Waals surface area contributed by atoms with Crippen LogP contribution in [0, 0.1) is 0 Å². The number of nitrogens with zero attached hydrogens (tertiary/aromatic N) is 3. The fourth-order valence-corrected chi connectivity index (χ4v) is 2.69. The number of nitrogens with two attached hydrogens (primary N) is 1. The van der Waals surface area contributed by atoms with Gasteiger partial charge in [0, 0.05) is 13.1 Å². The van der Waals surface area contributed by atoms with Crippen LogP contribution in [0.25, 0.3) is 0 Å². The normalized spacial score (nSPS) is 21.3. The molecule has 0 bridgehead atoms. The lowest BCUT2D eigenvalue weighted by Gasteiger charge is -2.34. The maximum absolute atomic E-state index is 12.2. The third kappa shape index (κ3) is 2.20. The van der Waals surface area contributed by atoms with Crippen molar-refractivity contribution in [3.05, 3.63) is 24.2 Å². The second-order valence-corrected chi connectivity index (χ2v) is 5.11. The van der Waals surface area contributed by atoms with Crippen LogP contribution >= 0.6 is 0 Å². The third-order valence-corrected chi connectivity index (χ3v) is 3.74. The summed E-state index contributed by atoms with van der Waals surface area (Å²) < 4.78 is 5.05. The molecule has 0 aliphatic carbocycles. The fourth-order valence-electron chi connectivity index (χ4n) is 2.69. The molecule has 3 heterocycles. The molecule has 0 unspecified atom stereocenters. The van der Waals surface area contributed by atoms with Crippen molar-refractivity contribution in [2.75, 3.05) is 26.2 Å². The summed E-state index contributed by atoms with van der Waals surface area (Å²) in [5.41, 5.74) is 5.05. The Labute approximate surface area is 125 Å². The summed E-state index contributed by atoms with van der Waals surface area (Å²) in [6.07, 6.45) is 1.39. The molecule has 2 aliphatic heterocycles. The smallest absolute Gasteiger partial charge is 0.328 e. The van der Waals surface area contributed by atoms with E-state index in [-0.39, 0.29) is 24.8 Å². The zero-order chi connectivity index (χ0) is 15.9. The largest absolute Gasteiger partial charge is 0.459 e. The molecular weight excluding hydrogens is 292 g/mol. The molecule has 2 aliphatic rings. The minimum absolute atomic E-state index is 0.0688. The highest BCUT2D eigenvalue weighted by Crippen LogP contribution is 2.22. The second-order valence-electron chi connectivity index (χ2n) is 5.11. The molecular formula is C13H14N4O5. The number of fused-ring (bicyclic) bond motifs is 1. The summed E-state index contributed by atoms with van der Waals surface area (Å²) in [5.74, 6) is -1.43. The first kappa shape index (κ1) is 14.1. The number of hydrogen-bond donors (Lipinski definition) is 1. The van der Waals surface area contributed by atoms with Gasteiger partial charge in [-0.05, 0) is 12.1 Å². The molecule has 3 rings (SSSR count). The van der Waals surface area contributed by atoms with Gasteiger partial charge < -0.3 is 20.0 Å². The Morgan fingerprint density at radius 1 is 1.32 bits per heavy atom. The topological polar surface area (TPSA) is 117 Å². The van der Waals surface area contributed by atoms with Gasteiger partial charge in [0.15, 0.2) is 5.76 Å². The van der Waals surface area contributed by atoms with Gasteiger partial charge in [-0.15, -0.1) is 0 Å². The van der Waals surface area contributed by atoms with Crippen molar-refractivity contribution in [2.45, 2.75) is 6.04 Å². The van der Waals surface area contributed by atoms with Crippen LogP contribution in [0.4, 0.5) is 4.79 Å². The number of furan rings is 1. The van der Waals surface area contributed by atoms with Gasteiger partial charge in [-0.2, -0.15) is 0 Å². The Balaban J connectivity index is 1.75. The second kappa shape index (κ2) is 5.17. The molecule has 5 amide bonds. The quantitative estimate of drug-likeness (QED) is 0.708. The Kier molecular flexibility index (Phi) is 3.32. The average Bonchev–Trinajstić information content (AvgIpc) is 3.10. The van der Waals surface area contributed by atoms with E-state index in [4.69, 9.17) is 10.2 Å². The molecule has 1 aromatic heterocycles. The third-order valence-electron chi connectivity index (χ3n) is 3.74. The number of rotatable bonds is 3. The van der Waals surface area contributed by atoms with Crippen molar-refractivity contribution in [2.24, 2.45) is 5.73 Å². The van der Waals surface area contributed by atoms with E-state index in [1.54, 1.807) is 6.07 Å². The van der Waals surface area contributed by atoms with Gasteiger partial charge >= 0.3 is 6.03 Å². The molecule has 2 N–H and O–H groups in total. The van der Waals surface area contributed by atoms with Crippen LogP contribution in [0.15, 0.2) is 22.8 Å². The molecule has 1 aromatic rings. The maximum Gasteiger partial charge on any atom is 0.328 e. The van der Waals surface area contributed by atoms with Crippen LogP contribution < -0.4 is 5.73 Å². The number of piperazine rings is 1. The zero-order valence-electron chi connectivity index (χ0n) is 11.6. The standard InChI is InChI=1S/C13H14N4O5/c14-10(18)7-17-11(19)8-6-15(3-4-16(8)13(17)21)12(20)9-2-1-5-22-9/h1-2,5,8H,3-4,6-7H2,(H2,14,18)/t8-/m0/s1. The molecule has 22 heavy (non-hydrogen) atoms. The van der Waals surface area contributed by atoms with Crippen LogP contribution in [-0.2, 0) is 9.59 Å². The number of imide groups is 1. The molecule has 9 heteroatoms. The van der Waals surface area contributed by atoms with E-state index in [2.05, 4.69) is 0 Å². The van der Waals surface area contributed by atoms with Gasteiger partial charge in [0.25, 0.3) is 11.8 Å². The van der Waals surface area contributed by atoms with Crippen molar-refractivity contribution in [1.82, 2.24) is 14.7 Å². The van der Waals surface area contributed by atoms with E-state index >= 15 is 0 Å². The summed E-state index contributed by atoms with van der Waals surface area (Å²) in [6, 6.07) is 1.82. The highest BCUT2D eigenvalue weighted by molar-refractivity contribution is 6.07. The lowest BCUT2D eigenvalue weighted by molar-refractivity contribution is -0.132. The maximum atomic E-state index is 12.2. The number of hydrogen-bond acceptors (Lipinski definition) is 5. The van der Waals surface area contributed by atoms with E-state index in [0.717, 1.165) is 4.90 Å². The van der Waals surface area contributed by atoms with Crippen molar-refractivity contribution in [3.8, 4) is 0 Å². The van der Waals surface area contributed by atoms with Crippen LogP contribution in [0.5, 0.6) is 0 Å². The Morgan fingerprint density at radius 2 is 2.09 bits per heavy atom. The van der Waals surface area contributed by atoms with Crippen LogP contribution in [-0.4, -0.2) is 70.7 Å².